The molecular formula is C15H10Cl3F3O2. The van der Waals surface area contributed by atoms with Crippen molar-refractivity contribution in [3.05, 3.63) is 52.0 Å². The summed E-state index contributed by atoms with van der Waals surface area (Å²) in [5.41, 5.74) is -1.47. The van der Waals surface area contributed by atoms with Gasteiger partial charge in [0.15, 0.2) is 5.56 Å². The SMILES string of the molecule is CC(Cl)Oc1cc(Oc2ccc(C(F)(F)F)cc2Cl)ccc1Cl. The predicted molar refractivity (Wildman–Crippen MR) is 83.9 cm³/mol. The van der Waals surface area contributed by atoms with E-state index in [1.54, 1.807) is 6.92 Å². The highest BCUT2D eigenvalue weighted by molar-refractivity contribution is 6.32. The third-order valence-electron chi connectivity index (χ3n) is 2.68. The minimum atomic E-state index is -4.47. The van der Waals surface area contributed by atoms with E-state index in [9.17, 15) is 13.2 Å². The van der Waals surface area contributed by atoms with E-state index in [2.05, 4.69) is 0 Å². The highest BCUT2D eigenvalue weighted by atomic mass is 35.5. The van der Waals surface area contributed by atoms with Gasteiger partial charge in [-0.3, -0.25) is 0 Å². The highest BCUT2D eigenvalue weighted by Gasteiger charge is 2.31. The van der Waals surface area contributed by atoms with Crippen molar-refractivity contribution < 1.29 is 22.6 Å². The molecule has 0 heterocycles. The summed E-state index contributed by atoms with van der Waals surface area (Å²) < 4.78 is 48.6. The van der Waals surface area contributed by atoms with Gasteiger partial charge in [0.05, 0.1) is 15.6 Å². The number of rotatable bonds is 4. The molecule has 0 aromatic heterocycles. The van der Waals surface area contributed by atoms with E-state index in [1.807, 2.05) is 0 Å². The molecule has 124 valence electrons. The largest absolute Gasteiger partial charge is 0.473 e. The Labute approximate surface area is 145 Å². The minimum Gasteiger partial charge on any atom is -0.473 e. The molecule has 1 atom stereocenters. The van der Waals surface area contributed by atoms with E-state index in [0.717, 1.165) is 18.2 Å². The summed E-state index contributed by atoms with van der Waals surface area (Å²) in [5.74, 6) is 0.657. The van der Waals surface area contributed by atoms with Crippen molar-refractivity contribution >= 4 is 34.8 Å². The average molecular weight is 386 g/mol. The molecule has 2 aromatic rings. The Morgan fingerprint density at radius 1 is 0.957 bits per heavy atom. The lowest BCUT2D eigenvalue weighted by molar-refractivity contribution is -0.137. The van der Waals surface area contributed by atoms with Crippen LogP contribution in [0.2, 0.25) is 10.0 Å². The van der Waals surface area contributed by atoms with Gasteiger partial charge in [0.2, 0.25) is 0 Å². The number of benzene rings is 2. The van der Waals surface area contributed by atoms with Crippen LogP contribution in [-0.2, 0) is 6.18 Å². The molecule has 0 aliphatic rings. The van der Waals surface area contributed by atoms with Crippen LogP contribution in [0.15, 0.2) is 36.4 Å². The normalized spacial score (nSPS) is 12.8. The fourth-order valence-electron chi connectivity index (χ4n) is 1.70. The molecule has 2 nitrogen and oxygen atoms in total. The Morgan fingerprint density at radius 2 is 1.65 bits per heavy atom. The van der Waals surface area contributed by atoms with Gasteiger partial charge < -0.3 is 9.47 Å². The maximum atomic E-state index is 12.6. The van der Waals surface area contributed by atoms with Gasteiger partial charge in [-0.15, -0.1) is 0 Å². The molecular weight excluding hydrogens is 376 g/mol. The summed E-state index contributed by atoms with van der Waals surface area (Å²) >= 11 is 17.5. The Bertz CT molecular complexity index is 703. The zero-order chi connectivity index (χ0) is 17.2. The molecule has 2 rings (SSSR count). The van der Waals surface area contributed by atoms with E-state index in [1.165, 1.54) is 18.2 Å². The average Bonchev–Trinajstić information content (AvgIpc) is 2.43. The van der Waals surface area contributed by atoms with E-state index < -0.39 is 17.3 Å². The Hall–Kier alpha value is -1.30. The standard InChI is InChI=1S/C15H10Cl3F3O2/c1-8(16)22-14-7-10(3-4-11(14)17)23-13-5-2-9(6-12(13)18)15(19,20)21/h2-8H,1H3. The topological polar surface area (TPSA) is 18.5 Å². The highest BCUT2D eigenvalue weighted by Crippen LogP contribution is 2.38. The van der Waals surface area contributed by atoms with Crippen LogP contribution in [0.4, 0.5) is 13.2 Å². The number of hydrogen-bond acceptors (Lipinski definition) is 2. The maximum absolute atomic E-state index is 12.6. The van der Waals surface area contributed by atoms with Crippen LogP contribution >= 0.6 is 34.8 Å². The molecule has 0 bridgehead atoms. The monoisotopic (exact) mass is 384 g/mol. The third kappa shape index (κ3) is 4.83. The van der Waals surface area contributed by atoms with Crippen molar-refractivity contribution in [1.82, 2.24) is 0 Å². The van der Waals surface area contributed by atoms with Crippen molar-refractivity contribution in [3.8, 4) is 17.2 Å². The summed E-state index contributed by atoms with van der Waals surface area (Å²) in [7, 11) is 0. The van der Waals surface area contributed by atoms with Crippen LogP contribution in [0.3, 0.4) is 0 Å². The first kappa shape index (κ1) is 18.0. The molecule has 8 heteroatoms. The molecule has 2 aromatic carbocycles. The zero-order valence-electron chi connectivity index (χ0n) is 11.6. The number of hydrogen-bond donors (Lipinski definition) is 0. The van der Waals surface area contributed by atoms with Crippen molar-refractivity contribution in [2.75, 3.05) is 0 Å². The predicted octanol–water partition coefficient (Wildman–Crippen LogP) is 6.77. The van der Waals surface area contributed by atoms with Gasteiger partial charge in [-0.1, -0.05) is 34.8 Å². The lowest BCUT2D eigenvalue weighted by Gasteiger charge is -2.13. The third-order valence-corrected chi connectivity index (χ3v) is 3.38. The van der Waals surface area contributed by atoms with Crippen LogP contribution in [0.5, 0.6) is 17.2 Å². The van der Waals surface area contributed by atoms with Crippen LogP contribution in [0.1, 0.15) is 12.5 Å². The molecule has 0 saturated heterocycles. The lowest BCUT2D eigenvalue weighted by atomic mass is 10.2. The molecule has 0 spiro atoms. The van der Waals surface area contributed by atoms with Crippen LogP contribution in [-0.4, -0.2) is 5.56 Å². The maximum Gasteiger partial charge on any atom is 0.416 e. The first-order valence-corrected chi connectivity index (χ1v) is 7.51. The number of halogens is 6. The van der Waals surface area contributed by atoms with Crippen LogP contribution in [0.25, 0.3) is 0 Å². The minimum absolute atomic E-state index is 0.0758. The summed E-state index contributed by atoms with van der Waals surface area (Å²) in [6.07, 6.45) is -4.47. The van der Waals surface area contributed by atoms with Gasteiger partial charge in [0.25, 0.3) is 0 Å². The van der Waals surface area contributed by atoms with Crippen LogP contribution < -0.4 is 9.47 Å². The van der Waals surface area contributed by atoms with Gasteiger partial charge in [-0.2, -0.15) is 13.2 Å². The fourth-order valence-corrected chi connectivity index (χ4v) is 2.18. The first-order chi connectivity index (χ1) is 10.7. The smallest absolute Gasteiger partial charge is 0.416 e. The van der Waals surface area contributed by atoms with Crippen molar-refractivity contribution in [1.29, 1.82) is 0 Å². The van der Waals surface area contributed by atoms with E-state index in [-0.39, 0.29) is 16.5 Å². The van der Waals surface area contributed by atoms with Gasteiger partial charge in [-0.05, 0) is 37.3 Å². The molecule has 0 aliphatic carbocycles. The summed E-state index contributed by atoms with van der Waals surface area (Å²) in [6.45, 7) is 1.61. The summed E-state index contributed by atoms with van der Waals surface area (Å²) in [6, 6.07) is 7.34. The Balaban J connectivity index is 2.26. The first-order valence-electron chi connectivity index (χ1n) is 6.31. The lowest BCUT2D eigenvalue weighted by Crippen LogP contribution is -2.04. The van der Waals surface area contributed by atoms with Gasteiger partial charge in [0, 0.05) is 6.07 Å². The van der Waals surface area contributed by atoms with E-state index in [4.69, 9.17) is 44.3 Å². The fraction of sp³-hybridized carbons (Fsp3) is 0.200. The van der Waals surface area contributed by atoms with Gasteiger partial charge in [-0.25, -0.2) is 0 Å². The molecule has 23 heavy (non-hydrogen) atoms. The molecule has 1 unspecified atom stereocenters. The van der Waals surface area contributed by atoms with E-state index in [0.29, 0.717) is 10.8 Å². The molecule has 0 saturated carbocycles. The Morgan fingerprint density at radius 3 is 2.22 bits per heavy atom. The van der Waals surface area contributed by atoms with Crippen molar-refractivity contribution in [2.45, 2.75) is 18.7 Å². The van der Waals surface area contributed by atoms with Crippen LogP contribution in [0, 0.1) is 0 Å². The second-order valence-corrected chi connectivity index (χ2v) is 5.93. The molecule has 0 aliphatic heterocycles. The molecule has 0 fully saturated rings. The van der Waals surface area contributed by atoms with Gasteiger partial charge >= 0.3 is 6.18 Å². The summed E-state index contributed by atoms with van der Waals surface area (Å²) in [4.78, 5) is 0. The van der Waals surface area contributed by atoms with Crippen molar-refractivity contribution in [2.24, 2.45) is 0 Å². The molecule has 0 amide bonds. The number of alkyl halides is 4. The Kier molecular flexibility index (Phi) is 5.55. The van der Waals surface area contributed by atoms with Crippen molar-refractivity contribution in [3.63, 3.8) is 0 Å². The van der Waals surface area contributed by atoms with E-state index >= 15 is 0 Å². The van der Waals surface area contributed by atoms with Gasteiger partial charge in [0.1, 0.15) is 17.2 Å². The quantitative estimate of drug-likeness (QED) is 0.541. The summed E-state index contributed by atoms with van der Waals surface area (Å²) in [5, 5.41) is 0.159. The zero-order valence-corrected chi connectivity index (χ0v) is 13.9. The molecule has 0 N–H and O–H groups in total. The second-order valence-electron chi connectivity index (χ2n) is 4.50. The molecule has 0 radical (unpaired) electrons. The number of ether oxygens (including phenoxy) is 2. The second kappa shape index (κ2) is 7.07.